The third kappa shape index (κ3) is 4.15. The third-order valence-electron chi connectivity index (χ3n) is 4.44. The molecule has 0 aliphatic heterocycles. The highest BCUT2D eigenvalue weighted by atomic mass is 35.5. The van der Waals surface area contributed by atoms with Gasteiger partial charge in [-0.25, -0.2) is 0 Å². The predicted molar refractivity (Wildman–Crippen MR) is 97.0 cm³/mol. The van der Waals surface area contributed by atoms with Gasteiger partial charge < -0.3 is 16.2 Å². The minimum Gasteiger partial charge on any atom is -0.382 e. The Bertz CT molecular complexity index is 678. The summed E-state index contributed by atoms with van der Waals surface area (Å²) in [4.78, 5) is 12.3. The number of nitrogens with one attached hydrogen (secondary N) is 1. The predicted octanol–water partition coefficient (Wildman–Crippen LogP) is 2.14. The van der Waals surface area contributed by atoms with Gasteiger partial charge in [-0.3, -0.25) is 4.79 Å². The molecule has 1 aliphatic carbocycles. The molecule has 0 aromatic heterocycles. The zero-order chi connectivity index (χ0) is 16.2. The Kier molecular flexibility index (Phi) is 6.37. The molecule has 3 rings (SSSR count). The summed E-state index contributed by atoms with van der Waals surface area (Å²) in [7, 11) is 0. The molecule has 0 saturated carbocycles. The molecular weight excluding hydrogens is 324 g/mol. The molecule has 4 N–H and O–H groups in total. The molecule has 4 nitrogen and oxygen atoms in total. The molecule has 0 bridgehead atoms. The Morgan fingerprint density at radius 1 is 1.17 bits per heavy atom. The Hall–Kier alpha value is -1.88. The average Bonchev–Trinajstić information content (AvgIpc) is 2.98. The Labute approximate surface area is 148 Å². The first kappa shape index (κ1) is 18.5. The molecule has 0 radical (unpaired) electrons. The van der Waals surface area contributed by atoms with Crippen molar-refractivity contribution >= 4 is 18.3 Å². The van der Waals surface area contributed by atoms with Gasteiger partial charge >= 0.3 is 0 Å². The number of rotatable bonds is 5. The number of aryl methyl sites for hydroxylation is 1. The van der Waals surface area contributed by atoms with Crippen LogP contribution in [0.5, 0.6) is 0 Å². The number of halogens is 1. The van der Waals surface area contributed by atoms with Crippen LogP contribution in [0.25, 0.3) is 0 Å². The number of aliphatic hydroxyl groups excluding tert-OH is 1. The number of hydrogen-bond acceptors (Lipinski definition) is 3. The van der Waals surface area contributed by atoms with Crippen LogP contribution < -0.4 is 11.1 Å². The van der Waals surface area contributed by atoms with E-state index in [1.807, 2.05) is 48.5 Å². The molecule has 128 valence electrons. The van der Waals surface area contributed by atoms with Crippen molar-refractivity contribution in [1.82, 2.24) is 5.32 Å². The molecule has 0 saturated heterocycles. The molecule has 0 heterocycles. The van der Waals surface area contributed by atoms with Gasteiger partial charge in [0.1, 0.15) is 6.10 Å². The molecule has 2 aromatic carbocycles. The fourth-order valence-corrected chi connectivity index (χ4v) is 3.16. The van der Waals surface area contributed by atoms with Gasteiger partial charge in [0.25, 0.3) is 5.91 Å². The number of nitrogens with two attached hydrogens (primary N) is 1. The smallest absolute Gasteiger partial charge is 0.250 e. The van der Waals surface area contributed by atoms with Crippen LogP contribution >= 0.6 is 12.4 Å². The van der Waals surface area contributed by atoms with Gasteiger partial charge in [-0.2, -0.15) is 0 Å². The molecule has 0 fully saturated rings. The van der Waals surface area contributed by atoms with Gasteiger partial charge in [0.2, 0.25) is 0 Å². The molecule has 1 aliphatic rings. The molecule has 1 amide bonds. The van der Waals surface area contributed by atoms with Gasteiger partial charge in [0.05, 0.1) is 6.04 Å². The van der Waals surface area contributed by atoms with Crippen molar-refractivity contribution in [2.24, 2.45) is 5.73 Å². The number of carbonyl (C=O) groups is 1. The SMILES string of the molecule is Cl.N[C@@H](Cc1ccccc1)C(O)C(=O)NC1CCc2ccccc21. The first-order valence-corrected chi connectivity index (χ1v) is 8.01. The van der Waals surface area contributed by atoms with Gasteiger partial charge in [0, 0.05) is 6.04 Å². The summed E-state index contributed by atoms with van der Waals surface area (Å²) < 4.78 is 0. The molecule has 3 atom stereocenters. The Balaban J connectivity index is 0.00000208. The van der Waals surface area contributed by atoms with E-state index in [1.54, 1.807) is 0 Å². The normalized spacial score (nSPS) is 18.2. The lowest BCUT2D eigenvalue weighted by Gasteiger charge is -2.21. The van der Waals surface area contributed by atoms with Gasteiger partial charge in [-0.05, 0) is 36.0 Å². The van der Waals surface area contributed by atoms with E-state index in [2.05, 4.69) is 11.4 Å². The number of amides is 1. The van der Waals surface area contributed by atoms with E-state index in [1.165, 1.54) is 5.56 Å². The molecule has 5 heteroatoms. The van der Waals surface area contributed by atoms with Crippen molar-refractivity contribution in [3.63, 3.8) is 0 Å². The molecule has 2 unspecified atom stereocenters. The summed E-state index contributed by atoms with van der Waals surface area (Å²) >= 11 is 0. The maximum atomic E-state index is 12.3. The van der Waals surface area contributed by atoms with Gasteiger partial charge in [-0.15, -0.1) is 12.4 Å². The highest BCUT2D eigenvalue weighted by molar-refractivity contribution is 5.85. The minimum atomic E-state index is -1.21. The largest absolute Gasteiger partial charge is 0.382 e. The van der Waals surface area contributed by atoms with Crippen molar-refractivity contribution in [1.29, 1.82) is 0 Å². The number of carbonyl (C=O) groups excluding carboxylic acids is 1. The third-order valence-corrected chi connectivity index (χ3v) is 4.44. The van der Waals surface area contributed by atoms with Crippen molar-refractivity contribution in [2.45, 2.75) is 37.5 Å². The van der Waals surface area contributed by atoms with Crippen LogP contribution in [0, 0.1) is 0 Å². The monoisotopic (exact) mass is 346 g/mol. The highest BCUT2D eigenvalue weighted by Crippen LogP contribution is 2.30. The van der Waals surface area contributed by atoms with E-state index in [0.717, 1.165) is 24.0 Å². The van der Waals surface area contributed by atoms with Crippen LogP contribution in [0.2, 0.25) is 0 Å². The van der Waals surface area contributed by atoms with Crippen LogP contribution in [0.1, 0.15) is 29.2 Å². The summed E-state index contributed by atoms with van der Waals surface area (Å²) in [6.07, 6.45) is 1.08. The molecule has 2 aromatic rings. The maximum absolute atomic E-state index is 12.3. The highest BCUT2D eigenvalue weighted by Gasteiger charge is 2.28. The van der Waals surface area contributed by atoms with Crippen molar-refractivity contribution in [3.8, 4) is 0 Å². The lowest BCUT2D eigenvalue weighted by atomic mass is 10.0. The lowest BCUT2D eigenvalue weighted by molar-refractivity contribution is -0.131. The van der Waals surface area contributed by atoms with Crippen molar-refractivity contribution in [3.05, 3.63) is 71.3 Å². The van der Waals surface area contributed by atoms with Crippen molar-refractivity contribution < 1.29 is 9.90 Å². The maximum Gasteiger partial charge on any atom is 0.250 e. The second-order valence-corrected chi connectivity index (χ2v) is 6.10. The summed E-state index contributed by atoms with van der Waals surface area (Å²) in [6, 6.07) is 17.1. The van der Waals surface area contributed by atoms with E-state index in [0.29, 0.717) is 6.42 Å². The van der Waals surface area contributed by atoms with Crippen LogP contribution in [0.3, 0.4) is 0 Å². The first-order chi connectivity index (χ1) is 11.1. The topological polar surface area (TPSA) is 75.3 Å². The standard InChI is InChI=1S/C19H22N2O2.ClH/c20-16(12-13-6-2-1-3-7-13)18(22)19(23)21-17-11-10-14-8-4-5-9-15(14)17;/h1-9,16-18,22H,10-12,20H2,(H,21,23);1H/t16-,17?,18?;/m0./s1. The summed E-state index contributed by atoms with van der Waals surface area (Å²) in [6.45, 7) is 0. The minimum absolute atomic E-state index is 0. The van der Waals surface area contributed by atoms with E-state index in [4.69, 9.17) is 5.73 Å². The van der Waals surface area contributed by atoms with Crippen LogP contribution in [0.4, 0.5) is 0 Å². The molecule has 24 heavy (non-hydrogen) atoms. The number of benzene rings is 2. The lowest BCUT2D eigenvalue weighted by Crippen LogP contribution is -2.48. The summed E-state index contributed by atoms with van der Waals surface area (Å²) in [5, 5.41) is 13.2. The second kappa shape index (κ2) is 8.29. The van der Waals surface area contributed by atoms with Gasteiger partial charge in [0.15, 0.2) is 0 Å². The first-order valence-electron chi connectivity index (χ1n) is 8.01. The molecular formula is C19H23ClN2O2. The Morgan fingerprint density at radius 3 is 2.58 bits per heavy atom. The van der Waals surface area contributed by atoms with E-state index >= 15 is 0 Å². The molecule has 0 spiro atoms. The zero-order valence-electron chi connectivity index (χ0n) is 13.4. The fraction of sp³-hybridized carbons (Fsp3) is 0.316. The van der Waals surface area contributed by atoms with Crippen molar-refractivity contribution in [2.75, 3.05) is 0 Å². The van der Waals surface area contributed by atoms with Gasteiger partial charge in [-0.1, -0.05) is 54.6 Å². The zero-order valence-corrected chi connectivity index (χ0v) is 14.2. The second-order valence-electron chi connectivity index (χ2n) is 6.10. The van der Waals surface area contributed by atoms with Crippen LogP contribution in [-0.4, -0.2) is 23.2 Å². The number of aliphatic hydroxyl groups is 1. The van der Waals surface area contributed by atoms with Crippen LogP contribution in [0.15, 0.2) is 54.6 Å². The van der Waals surface area contributed by atoms with E-state index in [-0.39, 0.29) is 18.4 Å². The van der Waals surface area contributed by atoms with E-state index < -0.39 is 18.1 Å². The number of fused-ring (bicyclic) bond motifs is 1. The Morgan fingerprint density at radius 2 is 1.83 bits per heavy atom. The van der Waals surface area contributed by atoms with Crippen LogP contribution in [-0.2, 0) is 17.6 Å². The quantitative estimate of drug-likeness (QED) is 0.776. The number of hydrogen-bond donors (Lipinski definition) is 3. The summed E-state index contributed by atoms with van der Waals surface area (Å²) in [5.74, 6) is -0.393. The average molecular weight is 347 g/mol. The van der Waals surface area contributed by atoms with E-state index in [9.17, 15) is 9.90 Å². The summed E-state index contributed by atoms with van der Waals surface area (Å²) in [5.41, 5.74) is 9.43. The fourth-order valence-electron chi connectivity index (χ4n) is 3.16.